The number of hydrogen-bond donors (Lipinski definition) is 2. The van der Waals surface area contributed by atoms with Crippen molar-refractivity contribution in [1.29, 1.82) is 0 Å². The van der Waals surface area contributed by atoms with Gasteiger partial charge in [0.2, 0.25) is 0 Å². The second-order valence-electron chi connectivity index (χ2n) is 4.71. The zero-order valence-corrected chi connectivity index (χ0v) is 11.5. The van der Waals surface area contributed by atoms with Crippen LogP contribution < -0.4 is 10.5 Å². The maximum absolute atomic E-state index is 5.62. The number of nitrogens with two attached hydrogens (primary N) is 1. The standard InChI is InChI=1S/C14H21N3O2/c1-10(2)14-16-12-4-3-11(9-13(12)17-14)19-8-7-18-6-5-15/h3-4,9-10H,5-8,15H2,1-2H3,(H,16,17). The van der Waals surface area contributed by atoms with E-state index in [1.807, 2.05) is 18.2 Å². The number of ether oxygens (including phenoxy) is 2. The Balaban J connectivity index is 1.97. The first-order valence-electron chi connectivity index (χ1n) is 6.61. The van der Waals surface area contributed by atoms with Crippen LogP contribution in [0.2, 0.25) is 0 Å². The van der Waals surface area contributed by atoms with Gasteiger partial charge in [-0.05, 0) is 12.1 Å². The van der Waals surface area contributed by atoms with Gasteiger partial charge in [0.25, 0.3) is 0 Å². The molecule has 0 saturated carbocycles. The molecule has 19 heavy (non-hydrogen) atoms. The number of aromatic amines is 1. The van der Waals surface area contributed by atoms with Crippen molar-refractivity contribution in [2.75, 3.05) is 26.4 Å². The lowest BCUT2D eigenvalue weighted by molar-refractivity contribution is 0.106. The molecule has 3 N–H and O–H groups in total. The molecule has 0 amide bonds. The Labute approximate surface area is 113 Å². The fraction of sp³-hybridized carbons (Fsp3) is 0.500. The van der Waals surface area contributed by atoms with Gasteiger partial charge in [0.1, 0.15) is 18.2 Å². The number of H-pyrrole nitrogens is 1. The van der Waals surface area contributed by atoms with Crippen LogP contribution in [-0.2, 0) is 4.74 Å². The summed E-state index contributed by atoms with van der Waals surface area (Å²) < 4.78 is 10.9. The van der Waals surface area contributed by atoms with E-state index < -0.39 is 0 Å². The molecule has 0 spiro atoms. The molecule has 2 rings (SSSR count). The lowest BCUT2D eigenvalue weighted by Gasteiger charge is -2.06. The molecule has 104 valence electrons. The molecule has 0 aliphatic heterocycles. The molecule has 1 heterocycles. The van der Waals surface area contributed by atoms with Crippen LogP contribution in [0.25, 0.3) is 11.0 Å². The number of nitrogens with zero attached hydrogens (tertiary/aromatic N) is 1. The van der Waals surface area contributed by atoms with Crippen molar-refractivity contribution in [3.05, 3.63) is 24.0 Å². The summed E-state index contributed by atoms with van der Waals surface area (Å²) in [5, 5.41) is 0. The minimum Gasteiger partial charge on any atom is -0.491 e. The lowest BCUT2D eigenvalue weighted by atomic mass is 10.2. The predicted molar refractivity (Wildman–Crippen MR) is 75.6 cm³/mol. The zero-order valence-electron chi connectivity index (χ0n) is 11.5. The van der Waals surface area contributed by atoms with Gasteiger partial charge < -0.3 is 20.2 Å². The molecule has 0 aliphatic rings. The Hall–Kier alpha value is -1.59. The van der Waals surface area contributed by atoms with Crippen LogP contribution in [-0.4, -0.2) is 36.3 Å². The summed E-state index contributed by atoms with van der Waals surface area (Å²) in [5.74, 6) is 2.21. The number of aromatic nitrogens is 2. The number of fused-ring (bicyclic) bond motifs is 1. The molecular formula is C14H21N3O2. The van der Waals surface area contributed by atoms with Gasteiger partial charge in [-0.1, -0.05) is 13.8 Å². The highest BCUT2D eigenvalue weighted by Crippen LogP contribution is 2.21. The third kappa shape index (κ3) is 3.68. The van der Waals surface area contributed by atoms with Crippen LogP contribution in [0, 0.1) is 0 Å². The number of imidazole rings is 1. The average molecular weight is 263 g/mol. The Morgan fingerprint density at radius 3 is 2.84 bits per heavy atom. The molecule has 0 saturated heterocycles. The Kier molecular flexibility index (Phi) is 4.76. The first-order chi connectivity index (χ1) is 9.20. The SMILES string of the molecule is CC(C)c1nc2ccc(OCCOCCN)cc2[nH]1. The van der Waals surface area contributed by atoms with E-state index in [1.54, 1.807) is 0 Å². The molecule has 0 fully saturated rings. The van der Waals surface area contributed by atoms with Gasteiger partial charge in [0.05, 0.1) is 24.2 Å². The normalized spacial score (nSPS) is 11.4. The molecule has 0 atom stereocenters. The van der Waals surface area contributed by atoms with Gasteiger partial charge >= 0.3 is 0 Å². The van der Waals surface area contributed by atoms with Gasteiger partial charge in [-0.3, -0.25) is 0 Å². The molecule has 0 aliphatic carbocycles. The van der Waals surface area contributed by atoms with Crippen molar-refractivity contribution in [2.24, 2.45) is 5.73 Å². The molecular weight excluding hydrogens is 242 g/mol. The molecule has 0 unspecified atom stereocenters. The highest BCUT2D eigenvalue weighted by atomic mass is 16.5. The average Bonchev–Trinajstić information content (AvgIpc) is 2.82. The van der Waals surface area contributed by atoms with Gasteiger partial charge in [-0.15, -0.1) is 0 Å². The smallest absolute Gasteiger partial charge is 0.121 e. The number of rotatable bonds is 7. The third-order valence-corrected chi connectivity index (χ3v) is 2.78. The molecule has 5 nitrogen and oxygen atoms in total. The van der Waals surface area contributed by atoms with Crippen molar-refractivity contribution in [3.8, 4) is 5.75 Å². The van der Waals surface area contributed by atoms with Crippen LogP contribution >= 0.6 is 0 Å². The van der Waals surface area contributed by atoms with Crippen LogP contribution in [0.5, 0.6) is 5.75 Å². The van der Waals surface area contributed by atoms with E-state index in [0.29, 0.717) is 32.3 Å². The quantitative estimate of drug-likeness (QED) is 0.750. The van der Waals surface area contributed by atoms with E-state index >= 15 is 0 Å². The van der Waals surface area contributed by atoms with Crippen molar-refractivity contribution in [3.63, 3.8) is 0 Å². The van der Waals surface area contributed by atoms with Gasteiger partial charge in [0.15, 0.2) is 0 Å². The fourth-order valence-corrected chi connectivity index (χ4v) is 1.78. The topological polar surface area (TPSA) is 73.2 Å². The zero-order chi connectivity index (χ0) is 13.7. The Morgan fingerprint density at radius 1 is 1.26 bits per heavy atom. The van der Waals surface area contributed by atoms with Crippen molar-refractivity contribution < 1.29 is 9.47 Å². The van der Waals surface area contributed by atoms with Gasteiger partial charge in [-0.2, -0.15) is 0 Å². The van der Waals surface area contributed by atoms with Crippen molar-refractivity contribution in [2.45, 2.75) is 19.8 Å². The predicted octanol–water partition coefficient (Wildman–Crippen LogP) is 2.04. The van der Waals surface area contributed by atoms with Crippen LogP contribution in [0.4, 0.5) is 0 Å². The highest BCUT2D eigenvalue weighted by Gasteiger charge is 2.07. The Bertz CT molecular complexity index is 522. The second kappa shape index (κ2) is 6.54. The van der Waals surface area contributed by atoms with E-state index in [1.165, 1.54) is 0 Å². The lowest BCUT2D eigenvalue weighted by Crippen LogP contribution is -2.13. The summed E-state index contributed by atoms with van der Waals surface area (Å²) >= 11 is 0. The largest absolute Gasteiger partial charge is 0.491 e. The molecule has 2 aromatic rings. The van der Waals surface area contributed by atoms with E-state index in [9.17, 15) is 0 Å². The monoisotopic (exact) mass is 263 g/mol. The minimum absolute atomic E-state index is 0.390. The summed E-state index contributed by atoms with van der Waals surface area (Å²) in [6.45, 7) is 6.42. The summed E-state index contributed by atoms with van der Waals surface area (Å²) in [7, 11) is 0. The molecule has 0 radical (unpaired) electrons. The maximum atomic E-state index is 5.62. The summed E-state index contributed by atoms with van der Waals surface area (Å²) in [6, 6.07) is 5.86. The van der Waals surface area contributed by atoms with E-state index in [4.69, 9.17) is 15.2 Å². The molecule has 5 heteroatoms. The molecule has 0 bridgehead atoms. The van der Waals surface area contributed by atoms with Crippen LogP contribution in [0.3, 0.4) is 0 Å². The summed E-state index contributed by atoms with van der Waals surface area (Å²) in [6.07, 6.45) is 0. The fourth-order valence-electron chi connectivity index (χ4n) is 1.78. The van der Waals surface area contributed by atoms with Crippen molar-refractivity contribution >= 4 is 11.0 Å². The Morgan fingerprint density at radius 2 is 2.11 bits per heavy atom. The number of nitrogens with one attached hydrogen (secondary N) is 1. The summed E-state index contributed by atoms with van der Waals surface area (Å²) in [5.41, 5.74) is 7.31. The number of hydrogen-bond acceptors (Lipinski definition) is 4. The van der Waals surface area contributed by atoms with Crippen molar-refractivity contribution in [1.82, 2.24) is 9.97 Å². The van der Waals surface area contributed by atoms with Crippen LogP contribution in [0.15, 0.2) is 18.2 Å². The minimum atomic E-state index is 0.390. The van der Waals surface area contributed by atoms with E-state index in [2.05, 4.69) is 23.8 Å². The second-order valence-corrected chi connectivity index (χ2v) is 4.71. The van der Waals surface area contributed by atoms with Gasteiger partial charge in [-0.25, -0.2) is 4.98 Å². The van der Waals surface area contributed by atoms with Crippen LogP contribution in [0.1, 0.15) is 25.6 Å². The third-order valence-electron chi connectivity index (χ3n) is 2.78. The number of benzene rings is 1. The highest BCUT2D eigenvalue weighted by molar-refractivity contribution is 5.76. The van der Waals surface area contributed by atoms with E-state index in [-0.39, 0.29) is 0 Å². The van der Waals surface area contributed by atoms with E-state index in [0.717, 1.165) is 22.6 Å². The first kappa shape index (κ1) is 13.8. The van der Waals surface area contributed by atoms with Gasteiger partial charge in [0, 0.05) is 18.5 Å². The molecule has 1 aromatic carbocycles. The summed E-state index contributed by atoms with van der Waals surface area (Å²) in [4.78, 5) is 7.83. The first-order valence-corrected chi connectivity index (χ1v) is 6.61. The maximum Gasteiger partial charge on any atom is 0.121 e. The molecule has 1 aromatic heterocycles.